The monoisotopic (exact) mass is 291 g/mol. The molecule has 0 aliphatic carbocycles. The zero-order valence-electron chi connectivity index (χ0n) is 11.0. The maximum Gasteiger partial charge on any atom is 0.356 e. The van der Waals surface area contributed by atoms with Crippen molar-refractivity contribution in [2.24, 2.45) is 0 Å². The van der Waals surface area contributed by atoms with Crippen LogP contribution in [0.1, 0.15) is 38.3 Å². The lowest BCUT2D eigenvalue weighted by atomic mass is 10.2. The number of aryl methyl sites for hydroxylation is 1. The molecule has 2 heterocycles. The molecule has 0 bridgehead atoms. The molecule has 0 aromatic carbocycles. The molecule has 0 aliphatic rings. The highest BCUT2D eigenvalue weighted by Crippen LogP contribution is 2.24. The van der Waals surface area contributed by atoms with Crippen molar-refractivity contribution in [2.75, 3.05) is 5.32 Å². The maximum absolute atomic E-state index is 11.4. The summed E-state index contributed by atoms with van der Waals surface area (Å²) in [5.41, 5.74) is 1.67. The van der Waals surface area contributed by atoms with Crippen LogP contribution in [0.3, 0.4) is 0 Å². The Morgan fingerprint density at radius 2 is 2.20 bits per heavy atom. The number of carboxylic acid groups (broad SMARTS) is 1. The molecule has 0 amide bonds. The molecule has 0 saturated carbocycles. The average molecular weight is 291 g/mol. The number of carbonyl (C=O) groups excluding carboxylic acids is 1. The number of carbonyl (C=O) groups is 2. The molecule has 0 saturated heterocycles. The van der Waals surface area contributed by atoms with Gasteiger partial charge in [0, 0.05) is 13.1 Å². The number of nitrogens with one attached hydrogen (secondary N) is 1. The summed E-state index contributed by atoms with van der Waals surface area (Å²) < 4.78 is 0. The van der Waals surface area contributed by atoms with Crippen LogP contribution < -0.4 is 5.32 Å². The van der Waals surface area contributed by atoms with Crippen molar-refractivity contribution in [3.63, 3.8) is 0 Å². The van der Waals surface area contributed by atoms with E-state index in [2.05, 4.69) is 15.3 Å². The Morgan fingerprint density at radius 1 is 1.45 bits per heavy atom. The first-order valence-electron chi connectivity index (χ1n) is 5.88. The molecular weight excluding hydrogens is 278 g/mol. The summed E-state index contributed by atoms with van der Waals surface area (Å²) in [5, 5.41) is 12.4. The van der Waals surface area contributed by atoms with Gasteiger partial charge >= 0.3 is 5.97 Å². The van der Waals surface area contributed by atoms with Crippen molar-refractivity contribution in [1.82, 2.24) is 9.97 Å². The molecule has 20 heavy (non-hydrogen) atoms. The van der Waals surface area contributed by atoms with Crippen molar-refractivity contribution in [1.29, 1.82) is 0 Å². The number of thiazole rings is 1. The molecule has 0 radical (unpaired) electrons. The number of pyridine rings is 1. The fraction of sp³-hybridized carbons (Fsp3) is 0.231. The van der Waals surface area contributed by atoms with Gasteiger partial charge in [-0.05, 0) is 18.6 Å². The zero-order valence-corrected chi connectivity index (χ0v) is 11.8. The zero-order chi connectivity index (χ0) is 14.7. The van der Waals surface area contributed by atoms with Gasteiger partial charge in [-0.25, -0.2) is 9.78 Å². The van der Waals surface area contributed by atoms with Crippen LogP contribution >= 0.6 is 11.3 Å². The molecule has 2 aromatic rings. The van der Waals surface area contributed by atoms with E-state index in [-0.39, 0.29) is 16.4 Å². The van der Waals surface area contributed by atoms with Crippen molar-refractivity contribution in [3.8, 4) is 0 Å². The van der Waals surface area contributed by atoms with Crippen molar-refractivity contribution >= 4 is 28.2 Å². The number of carboxylic acids is 1. The lowest BCUT2D eigenvalue weighted by molar-refractivity contribution is 0.0687. The first kappa shape index (κ1) is 14.1. The highest BCUT2D eigenvalue weighted by atomic mass is 32.1. The number of Topliss-reactive ketones (excluding diaryl/α,β-unsaturated/α-hetero) is 1. The van der Waals surface area contributed by atoms with Crippen molar-refractivity contribution in [2.45, 2.75) is 20.4 Å². The molecule has 0 aliphatic heterocycles. The number of hydrogen-bond acceptors (Lipinski definition) is 6. The van der Waals surface area contributed by atoms with Gasteiger partial charge in [-0.2, -0.15) is 0 Å². The first-order chi connectivity index (χ1) is 9.49. The van der Waals surface area contributed by atoms with E-state index in [0.717, 1.165) is 22.6 Å². The highest BCUT2D eigenvalue weighted by molar-refractivity contribution is 7.17. The summed E-state index contributed by atoms with van der Waals surface area (Å²) >= 11 is 1.04. The van der Waals surface area contributed by atoms with Gasteiger partial charge in [-0.1, -0.05) is 17.4 Å². The molecule has 2 N–H and O–H groups in total. The summed E-state index contributed by atoms with van der Waals surface area (Å²) in [4.78, 5) is 30.7. The summed E-state index contributed by atoms with van der Waals surface area (Å²) in [6.07, 6.45) is 1.69. The van der Waals surface area contributed by atoms with E-state index in [0.29, 0.717) is 11.7 Å². The standard InChI is InChI=1S/C13H13N3O3S/c1-7-4-3-5-14-9(7)6-15-13-16-10(12(18)19)11(20-13)8(2)17/h3-5H,6H2,1-2H3,(H,15,16)(H,18,19). The van der Waals surface area contributed by atoms with E-state index in [1.807, 2.05) is 19.1 Å². The molecule has 6 nitrogen and oxygen atoms in total. The van der Waals surface area contributed by atoms with Gasteiger partial charge < -0.3 is 10.4 Å². The highest BCUT2D eigenvalue weighted by Gasteiger charge is 2.20. The van der Waals surface area contributed by atoms with Gasteiger partial charge in [-0.3, -0.25) is 9.78 Å². The van der Waals surface area contributed by atoms with Gasteiger partial charge in [0.25, 0.3) is 0 Å². The third-order valence-corrected chi connectivity index (χ3v) is 3.79. The van der Waals surface area contributed by atoms with Crippen molar-refractivity contribution in [3.05, 3.63) is 40.2 Å². The predicted molar refractivity (Wildman–Crippen MR) is 75.4 cm³/mol. The Bertz CT molecular complexity index is 635. The van der Waals surface area contributed by atoms with Crippen LogP contribution in [0, 0.1) is 6.92 Å². The molecule has 104 valence electrons. The average Bonchev–Trinajstić information content (AvgIpc) is 2.82. The van der Waals surface area contributed by atoms with Gasteiger partial charge in [0.15, 0.2) is 16.6 Å². The lowest BCUT2D eigenvalue weighted by Gasteiger charge is -2.04. The van der Waals surface area contributed by atoms with Crippen LogP contribution in [0.15, 0.2) is 18.3 Å². The van der Waals surface area contributed by atoms with Crippen LogP contribution in [0.4, 0.5) is 5.13 Å². The van der Waals surface area contributed by atoms with E-state index in [4.69, 9.17) is 5.11 Å². The second-order valence-electron chi connectivity index (χ2n) is 4.18. The molecular formula is C13H13N3O3S. The Kier molecular flexibility index (Phi) is 4.09. The SMILES string of the molecule is CC(=O)c1sc(NCc2ncccc2C)nc1C(=O)O. The largest absolute Gasteiger partial charge is 0.476 e. The fourth-order valence-corrected chi connectivity index (χ4v) is 2.49. The minimum absolute atomic E-state index is 0.151. The minimum Gasteiger partial charge on any atom is -0.476 e. The van der Waals surface area contributed by atoms with Crippen LogP contribution in [0.5, 0.6) is 0 Å². The number of nitrogens with zero attached hydrogens (tertiary/aromatic N) is 2. The number of ketones is 1. The van der Waals surface area contributed by atoms with Gasteiger partial charge in [0.05, 0.1) is 12.2 Å². The number of aromatic carboxylic acids is 1. The third-order valence-electron chi connectivity index (χ3n) is 2.67. The molecule has 0 unspecified atom stereocenters. The van der Waals surface area contributed by atoms with E-state index in [9.17, 15) is 9.59 Å². The van der Waals surface area contributed by atoms with E-state index in [1.165, 1.54) is 6.92 Å². The van der Waals surface area contributed by atoms with Gasteiger partial charge in [0.1, 0.15) is 4.88 Å². The van der Waals surface area contributed by atoms with Crippen LogP contribution in [0.2, 0.25) is 0 Å². The Hall–Kier alpha value is -2.28. The molecule has 0 spiro atoms. The van der Waals surface area contributed by atoms with Crippen molar-refractivity contribution < 1.29 is 14.7 Å². The van der Waals surface area contributed by atoms with E-state index < -0.39 is 5.97 Å². The molecule has 0 atom stereocenters. The van der Waals surface area contributed by atoms with Crippen LogP contribution in [-0.4, -0.2) is 26.8 Å². The smallest absolute Gasteiger partial charge is 0.356 e. The second kappa shape index (κ2) is 5.79. The maximum atomic E-state index is 11.4. The third kappa shape index (κ3) is 3.00. The number of rotatable bonds is 5. The Morgan fingerprint density at radius 3 is 2.75 bits per heavy atom. The van der Waals surface area contributed by atoms with E-state index in [1.54, 1.807) is 6.20 Å². The quantitative estimate of drug-likeness (QED) is 0.822. The topological polar surface area (TPSA) is 92.2 Å². The molecule has 2 rings (SSSR count). The second-order valence-corrected chi connectivity index (χ2v) is 5.18. The van der Waals surface area contributed by atoms with Crippen LogP contribution in [0.25, 0.3) is 0 Å². The fourth-order valence-electron chi connectivity index (χ4n) is 1.64. The van der Waals surface area contributed by atoms with E-state index >= 15 is 0 Å². The van der Waals surface area contributed by atoms with Gasteiger partial charge in [0.2, 0.25) is 0 Å². The first-order valence-corrected chi connectivity index (χ1v) is 6.70. The Labute approximate surface area is 119 Å². The lowest BCUT2D eigenvalue weighted by Crippen LogP contribution is -2.05. The minimum atomic E-state index is -1.20. The van der Waals surface area contributed by atoms with Crippen LogP contribution in [-0.2, 0) is 6.54 Å². The molecule has 7 heteroatoms. The molecule has 0 fully saturated rings. The summed E-state index contributed by atoms with van der Waals surface area (Å²) in [6.45, 7) is 3.69. The molecule has 2 aromatic heterocycles. The summed E-state index contributed by atoms with van der Waals surface area (Å²) in [5.74, 6) is -1.50. The Balaban J connectivity index is 2.19. The summed E-state index contributed by atoms with van der Waals surface area (Å²) in [6, 6.07) is 3.79. The number of hydrogen-bond donors (Lipinski definition) is 2. The predicted octanol–water partition coefficient (Wildman–Crippen LogP) is 2.36. The normalized spacial score (nSPS) is 10.3. The van der Waals surface area contributed by atoms with Gasteiger partial charge in [-0.15, -0.1) is 0 Å². The number of aromatic nitrogens is 2. The summed E-state index contributed by atoms with van der Waals surface area (Å²) in [7, 11) is 0. The number of anilines is 1.